The second-order valence-corrected chi connectivity index (χ2v) is 6.37. The first-order valence-electron chi connectivity index (χ1n) is 5.61. The molecule has 1 aromatic rings. The normalized spacial score (nSPS) is 21.4. The predicted molar refractivity (Wildman–Crippen MR) is 61.0 cm³/mol. The molecule has 0 bridgehead atoms. The third-order valence-corrected chi connectivity index (χ3v) is 4.06. The zero-order valence-electron chi connectivity index (χ0n) is 10.3. The molecular formula is C10H13F2N3O3S. The average molecular weight is 293 g/mol. The highest BCUT2D eigenvalue weighted by Gasteiger charge is 2.61. The number of nitrogens with zero attached hydrogens (tertiary/aromatic N) is 2. The molecule has 1 aliphatic carbocycles. The number of carbonyl (C=O) groups excluding carboxylic acids is 1. The van der Waals surface area contributed by atoms with Crippen molar-refractivity contribution < 1.29 is 22.0 Å². The van der Waals surface area contributed by atoms with Crippen LogP contribution in [-0.4, -0.2) is 29.8 Å². The first-order chi connectivity index (χ1) is 8.63. The number of aromatic nitrogens is 2. The smallest absolute Gasteiger partial charge is 0.283 e. The Hall–Kier alpha value is -1.51. The summed E-state index contributed by atoms with van der Waals surface area (Å²) in [5.74, 6) is -5.85. The van der Waals surface area contributed by atoms with Crippen molar-refractivity contribution in [3.8, 4) is 0 Å². The van der Waals surface area contributed by atoms with Crippen molar-refractivity contribution in [2.75, 3.05) is 0 Å². The Morgan fingerprint density at radius 3 is 2.58 bits per heavy atom. The number of imidazole rings is 1. The second kappa shape index (κ2) is 4.26. The van der Waals surface area contributed by atoms with Crippen LogP contribution >= 0.6 is 0 Å². The van der Waals surface area contributed by atoms with Crippen LogP contribution < -0.4 is 4.72 Å². The van der Waals surface area contributed by atoms with E-state index in [9.17, 15) is 22.0 Å². The van der Waals surface area contributed by atoms with E-state index in [0.717, 1.165) is 0 Å². The number of hydrogen-bond donors (Lipinski definition) is 1. The maximum Gasteiger partial charge on any atom is 0.283 e. The fourth-order valence-corrected chi connectivity index (χ4v) is 2.45. The number of nitrogens with one attached hydrogen (secondary N) is 1. The van der Waals surface area contributed by atoms with Crippen LogP contribution in [0.4, 0.5) is 8.78 Å². The highest BCUT2D eigenvalue weighted by Crippen LogP contribution is 2.48. The van der Waals surface area contributed by atoms with Gasteiger partial charge in [-0.2, -0.15) is 8.42 Å². The lowest BCUT2D eigenvalue weighted by Gasteiger charge is -2.05. The highest BCUT2D eigenvalue weighted by atomic mass is 32.2. The van der Waals surface area contributed by atoms with Crippen LogP contribution in [0.15, 0.2) is 17.6 Å². The van der Waals surface area contributed by atoms with Gasteiger partial charge in [-0.3, -0.25) is 4.79 Å². The summed E-state index contributed by atoms with van der Waals surface area (Å²) < 4.78 is 52.0. The number of amides is 1. The van der Waals surface area contributed by atoms with E-state index in [0.29, 0.717) is 0 Å². The van der Waals surface area contributed by atoms with Gasteiger partial charge in [0.2, 0.25) is 5.91 Å². The minimum atomic E-state index is -4.19. The predicted octanol–water partition coefficient (Wildman–Crippen LogP) is 0.924. The Balaban J connectivity index is 2.12. The average Bonchev–Trinajstić information content (AvgIpc) is 2.75. The van der Waals surface area contributed by atoms with Crippen molar-refractivity contribution in [3.63, 3.8) is 0 Å². The van der Waals surface area contributed by atoms with Gasteiger partial charge in [0, 0.05) is 18.7 Å². The topological polar surface area (TPSA) is 81.1 Å². The molecule has 1 aliphatic rings. The molecule has 0 aromatic carbocycles. The molecule has 19 heavy (non-hydrogen) atoms. The molecule has 1 N–H and O–H groups in total. The van der Waals surface area contributed by atoms with Gasteiger partial charge in [-0.05, 0) is 13.8 Å². The number of hydrogen-bond acceptors (Lipinski definition) is 4. The number of carbonyl (C=O) groups is 1. The van der Waals surface area contributed by atoms with Crippen LogP contribution in [0.2, 0.25) is 0 Å². The van der Waals surface area contributed by atoms with Crippen molar-refractivity contribution in [1.82, 2.24) is 14.3 Å². The van der Waals surface area contributed by atoms with Gasteiger partial charge in [-0.25, -0.2) is 18.5 Å². The summed E-state index contributed by atoms with van der Waals surface area (Å²) in [5, 5.41) is -0.362. The largest absolute Gasteiger partial charge is 0.334 e. The van der Waals surface area contributed by atoms with Crippen LogP contribution in [0.25, 0.3) is 0 Å². The third kappa shape index (κ3) is 2.75. The van der Waals surface area contributed by atoms with Gasteiger partial charge in [0.25, 0.3) is 15.9 Å². The van der Waals surface area contributed by atoms with Gasteiger partial charge in [0.1, 0.15) is 5.92 Å². The van der Waals surface area contributed by atoms with Gasteiger partial charge in [0.05, 0.1) is 6.33 Å². The van der Waals surface area contributed by atoms with E-state index in [2.05, 4.69) is 4.98 Å². The van der Waals surface area contributed by atoms with E-state index in [1.165, 1.54) is 17.1 Å². The van der Waals surface area contributed by atoms with Gasteiger partial charge < -0.3 is 4.57 Å². The van der Waals surface area contributed by atoms with E-state index in [1.807, 2.05) is 13.8 Å². The summed E-state index contributed by atoms with van der Waals surface area (Å²) in [6.45, 7) is 3.64. The SMILES string of the molecule is CC(C)n1cnc(S(=O)(=O)NC(=O)C2CC2(F)F)c1. The van der Waals surface area contributed by atoms with Crippen LogP contribution in [-0.2, 0) is 14.8 Å². The summed E-state index contributed by atoms with van der Waals surface area (Å²) >= 11 is 0. The van der Waals surface area contributed by atoms with Gasteiger partial charge in [0.15, 0.2) is 5.03 Å². The van der Waals surface area contributed by atoms with E-state index < -0.39 is 34.2 Å². The van der Waals surface area contributed by atoms with Crippen LogP contribution in [0.5, 0.6) is 0 Å². The lowest BCUT2D eigenvalue weighted by molar-refractivity contribution is -0.122. The molecule has 1 fully saturated rings. The molecule has 0 radical (unpaired) electrons. The molecule has 1 heterocycles. The standard InChI is InChI=1S/C10H13F2N3O3S/c1-6(2)15-4-8(13-5-15)19(17,18)14-9(16)7-3-10(7,11)12/h4-7H,3H2,1-2H3,(H,14,16). The number of alkyl halides is 2. The molecular weight excluding hydrogens is 280 g/mol. The minimum Gasteiger partial charge on any atom is -0.334 e. The Morgan fingerprint density at radius 1 is 1.58 bits per heavy atom. The van der Waals surface area contributed by atoms with Crippen LogP contribution in [0.3, 0.4) is 0 Å². The molecule has 1 aromatic heterocycles. The fourth-order valence-electron chi connectivity index (χ4n) is 1.49. The first-order valence-corrected chi connectivity index (χ1v) is 7.10. The number of rotatable bonds is 4. The lowest BCUT2D eigenvalue weighted by atomic mass is 10.4. The van der Waals surface area contributed by atoms with Gasteiger partial charge in [-0.1, -0.05) is 0 Å². The van der Waals surface area contributed by atoms with Crippen LogP contribution in [0.1, 0.15) is 26.3 Å². The molecule has 0 aliphatic heterocycles. The summed E-state index contributed by atoms with van der Waals surface area (Å²) in [5.41, 5.74) is 0. The van der Waals surface area contributed by atoms with E-state index in [4.69, 9.17) is 0 Å². The Bertz CT molecular complexity index is 609. The Morgan fingerprint density at radius 2 is 2.16 bits per heavy atom. The fraction of sp³-hybridized carbons (Fsp3) is 0.600. The Labute approximate surface area is 108 Å². The number of halogens is 2. The monoisotopic (exact) mass is 293 g/mol. The summed E-state index contributed by atoms with van der Waals surface area (Å²) in [4.78, 5) is 15.0. The first kappa shape index (κ1) is 13.9. The van der Waals surface area contributed by atoms with E-state index in [1.54, 1.807) is 4.72 Å². The second-order valence-electron chi connectivity index (χ2n) is 4.74. The molecule has 1 unspecified atom stereocenters. The summed E-state index contributed by atoms with van der Waals surface area (Å²) in [7, 11) is -4.19. The summed E-state index contributed by atoms with van der Waals surface area (Å²) in [6.07, 6.45) is 1.93. The van der Waals surface area contributed by atoms with Crippen molar-refractivity contribution in [3.05, 3.63) is 12.5 Å². The summed E-state index contributed by atoms with van der Waals surface area (Å²) in [6, 6.07) is -0.0000769. The van der Waals surface area contributed by atoms with Gasteiger partial charge >= 0.3 is 0 Å². The molecule has 6 nitrogen and oxygen atoms in total. The third-order valence-electron chi connectivity index (χ3n) is 2.83. The Kier molecular flexibility index (Phi) is 3.12. The van der Waals surface area contributed by atoms with E-state index >= 15 is 0 Å². The van der Waals surface area contributed by atoms with Gasteiger partial charge in [-0.15, -0.1) is 0 Å². The van der Waals surface area contributed by atoms with Crippen molar-refractivity contribution in [2.24, 2.45) is 5.92 Å². The van der Waals surface area contributed by atoms with Crippen molar-refractivity contribution >= 4 is 15.9 Å². The lowest BCUT2D eigenvalue weighted by Crippen LogP contribution is -2.33. The molecule has 1 atom stereocenters. The van der Waals surface area contributed by atoms with Crippen LogP contribution in [0, 0.1) is 5.92 Å². The highest BCUT2D eigenvalue weighted by molar-refractivity contribution is 7.90. The maximum atomic E-state index is 12.7. The van der Waals surface area contributed by atoms with E-state index in [-0.39, 0.29) is 11.1 Å². The molecule has 0 saturated heterocycles. The zero-order chi connectivity index (χ0) is 14.4. The van der Waals surface area contributed by atoms with Crippen molar-refractivity contribution in [1.29, 1.82) is 0 Å². The quantitative estimate of drug-likeness (QED) is 0.895. The molecule has 1 amide bonds. The molecule has 0 spiro atoms. The molecule has 2 rings (SSSR count). The molecule has 106 valence electrons. The number of sulfonamides is 1. The molecule has 9 heteroatoms. The zero-order valence-corrected chi connectivity index (χ0v) is 11.1. The van der Waals surface area contributed by atoms with Crippen molar-refractivity contribution in [2.45, 2.75) is 37.3 Å². The minimum absolute atomic E-state index is 0.0000769. The molecule has 1 saturated carbocycles. The maximum absolute atomic E-state index is 12.7.